The van der Waals surface area contributed by atoms with Crippen LogP contribution in [0.1, 0.15) is 69.7 Å². The Kier molecular flexibility index (Phi) is 6.23. The van der Waals surface area contributed by atoms with Crippen molar-refractivity contribution in [3.63, 3.8) is 0 Å². The highest BCUT2D eigenvalue weighted by atomic mass is 16.2. The lowest BCUT2D eigenvalue weighted by atomic mass is 9.71. The Balaban J connectivity index is 1.44. The summed E-state index contributed by atoms with van der Waals surface area (Å²) in [6.45, 7) is 8.79. The van der Waals surface area contributed by atoms with Crippen molar-refractivity contribution in [2.24, 2.45) is 17.3 Å². The zero-order valence-corrected chi connectivity index (χ0v) is 17.0. The number of hydrogen-bond donors (Lipinski definition) is 1. The molecule has 0 unspecified atom stereocenters. The third-order valence-corrected chi connectivity index (χ3v) is 6.56. The van der Waals surface area contributed by atoms with Gasteiger partial charge in [0.05, 0.1) is 0 Å². The molecule has 1 aromatic rings. The van der Waals surface area contributed by atoms with Gasteiger partial charge >= 0.3 is 0 Å². The summed E-state index contributed by atoms with van der Waals surface area (Å²) in [5.41, 5.74) is 2.22. The van der Waals surface area contributed by atoms with E-state index in [4.69, 9.17) is 0 Å². The van der Waals surface area contributed by atoms with Gasteiger partial charge in [-0.3, -0.25) is 9.59 Å². The van der Waals surface area contributed by atoms with Crippen LogP contribution in [0.5, 0.6) is 0 Å². The fourth-order valence-electron chi connectivity index (χ4n) is 4.59. The molecule has 0 radical (unpaired) electrons. The van der Waals surface area contributed by atoms with Crippen LogP contribution in [0.2, 0.25) is 0 Å². The molecule has 2 fully saturated rings. The molecule has 0 aromatic heterocycles. The Hall–Kier alpha value is -1.84. The first-order valence-electron chi connectivity index (χ1n) is 10.5. The molecule has 1 aliphatic heterocycles. The average Bonchev–Trinajstić information content (AvgIpc) is 2.68. The molecular formula is C23H34N2O2. The Labute approximate surface area is 163 Å². The third kappa shape index (κ3) is 5.12. The van der Waals surface area contributed by atoms with E-state index in [0.29, 0.717) is 17.0 Å². The van der Waals surface area contributed by atoms with E-state index in [0.717, 1.165) is 56.7 Å². The molecule has 27 heavy (non-hydrogen) atoms. The van der Waals surface area contributed by atoms with Gasteiger partial charge < -0.3 is 10.2 Å². The fraction of sp³-hybridized carbons (Fsp3) is 0.652. The van der Waals surface area contributed by atoms with Crippen LogP contribution < -0.4 is 10.2 Å². The second-order valence-corrected chi connectivity index (χ2v) is 9.39. The molecule has 0 atom stereocenters. The number of carbonyl (C=O) groups is 2. The van der Waals surface area contributed by atoms with Crippen molar-refractivity contribution in [3.8, 4) is 0 Å². The predicted octanol–water partition coefficient (Wildman–Crippen LogP) is 4.44. The van der Waals surface area contributed by atoms with Crippen molar-refractivity contribution in [1.82, 2.24) is 5.32 Å². The Bertz CT molecular complexity index is 631. The average molecular weight is 371 g/mol. The van der Waals surface area contributed by atoms with Crippen LogP contribution in [0, 0.1) is 17.3 Å². The number of carbonyl (C=O) groups excluding carboxylic acids is 2. The van der Waals surface area contributed by atoms with Crippen molar-refractivity contribution in [3.05, 3.63) is 29.8 Å². The Morgan fingerprint density at radius 1 is 1.00 bits per heavy atom. The maximum absolute atomic E-state index is 12.7. The van der Waals surface area contributed by atoms with Crippen LogP contribution in [0.25, 0.3) is 0 Å². The number of hydrogen-bond acceptors (Lipinski definition) is 3. The van der Waals surface area contributed by atoms with Crippen LogP contribution in [-0.2, 0) is 4.79 Å². The first-order chi connectivity index (χ1) is 12.9. The van der Waals surface area contributed by atoms with Crippen molar-refractivity contribution < 1.29 is 9.59 Å². The van der Waals surface area contributed by atoms with Gasteiger partial charge in [-0.1, -0.05) is 20.8 Å². The summed E-state index contributed by atoms with van der Waals surface area (Å²) < 4.78 is 0. The maximum Gasteiger partial charge on any atom is 0.223 e. The van der Waals surface area contributed by atoms with E-state index in [1.807, 2.05) is 24.3 Å². The topological polar surface area (TPSA) is 49.4 Å². The quantitative estimate of drug-likeness (QED) is 0.797. The normalized spacial score (nSPS) is 24.5. The molecule has 148 valence electrons. The monoisotopic (exact) mass is 370 g/mol. The van der Waals surface area contributed by atoms with Gasteiger partial charge in [-0.05, 0) is 74.1 Å². The molecule has 1 aliphatic carbocycles. The molecular weight excluding hydrogens is 336 g/mol. The van der Waals surface area contributed by atoms with Crippen LogP contribution in [-0.4, -0.2) is 31.3 Å². The van der Waals surface area contributed by atoms with Crippen molar-refractivity contribution in [2.45, 2.75) is 65.3 Å². The fourth-order valence-corrected chi connectivity index (χ4v) is 4.59. The van der Waals surface area contributed by atoms with Gasteiger partial charge in [0.25, 0.3) is 0 Å². The number of nitrogens with one attached hydrogen (secondary N) is 1. The lowest BCUT2D eigenvalue weighted by molar-refractivity contribution is -0.126. The molecule has 1 saturated heterocycles. The molecule has 4 nitrogen and oxygen atoms in total. The SMILES string of the molecule is CC(C)(C)C1CCC(NC(=O)C2CCN(c3ccc(C=O)cc3)CC2)CC1. The zero-order chi connectivity index (χ0) is 19.4. The lowest BCUT2D eigenvalue weighted by Gasteiger charge is -2.38. The predicted molar refractivity (Wildman–Crippen MR) is 110 cm³/mol. The molecule has 3 rings (SSSR count). The number of piperidine rings is 1. The standard InChI is InChI=1S/C23H34N2O2/c1-23(2,3)19-6-8-20(9-7-19)24-22(27)18-12-14-25(15-13-18)21-10-4-17(16-26)5-11-21/h4-5,10-11,16,18-20H,6-9,12-15H2,1-3H3,(H,24,27). The minimum Gasteiger partial charge on any atom is -0.371 e. The maximum atomic E-state index is 12.7. The third-order valence-electron chi connectivity index (χ3n) is 6.56. The highest BCUT2D eigenvalue weighted by Gasteiger charge is 2.32. The van der Waals surface area contributed by atoms with Gasteiger partial charge in [0, 0.05) is 36.3 Å². The van der Waals surface area contributed by atoms with Crippen molar-refractivity contribution >= 4 is 17.9 Å². The highest BCUT2D eigenvalue weighted by Crippen LogP contribution is 2.37. The summed E-state index contributed by atoms with van der Waals surface area (Å²) in [4.78, 5) is 25.8. The van der Waals surface area contributed by atoms with Crippen molar-refractivity contribution in [1.29, 1.82) is 0 Å². The molecule has 0 spiro atoms. The summed E-state index contributed by atoms with van der Waals surface area (Å²) in [5.74, 6) is 1.17. The van der Waals surface area contributed by atoms with Crippen LogP contribution >= 0.6 is 0 Å². The van der Waals surface area contributed by atoms with Gasteiger partial charge in [-0.25, -0.2) is 0 Å². The van der Waals surface area contributed by atoms with Gasteiger partial charge in [-0.2, -0.15) is 0 Å². The van der Waals surface area contributed by atoms with E-state index in [1.165, 1.54) is 12.8 Å². The molecule has 1 saturated carbocycles. The van der Waals surface area contributed by atoms with E-state index in [1.54, 1.807) is 0 Å². The number of anilines is 1. The van der Waals surface area contributed by atoms with Crippen molar-refractivity contribution in [2.75, 3.05) is 18.0 Å². The summed E-state index contributed by atoms with van der Waals surface area (Å²) in [7, 11) is 0. The van der Waals surface area contributed by atoms with E-state index >= 15 is 0 Å². The molecule has 4 heteroatoms. The summed E-state index contributed by atoms with van der Waals surface area (Å²) >= 11 is 0. The van der Waals surface area contributed by atoms with E-state index in [-0.39, 0.29) is 11.8 Å². The Morgan fingerprint density at radius 3 is 2.11 bits per heavy atom. The summed E-state index contributed by atoms with van der Waals surface area (Å²) in [5, 5.41) is 3.33. The smallest absolute Gasteiger partial charge is 0.223 e. The molecule has 2 aliphatic rings. The zero-order valence-electron chi connectivity index (χ0n) is 17.0. The van der Waals surface area contributed by atoms with Gasteiger partial charge in [0.2, 0.25) is 5.91 Å². The second-order valence-electron chi connectivity index (χ2n) is 9.39. The minimum atomic E-state index is 0.135. The minimum absolute atomic E-state index is 0.135. The van der Waals surface area contributed by atoms with Crippen LogP contribution in [0.15, 0.2) is 24.3 Å². The Morgan fingerprint density at radius 2 is 1.59 bits per heavy atom. The number of rotatable bonds is 4. The van der Waals surface area contributed by atoms with E-state index in [9.17, 15) is 9.59 Å². The van der Waals surface area contributed by atoms with Gasteiger partial charge in [0.15, 0.2) is 0 Å². The van der Waals surface area contributed by atoms with Crippen LogP contribution in [0.4, 0.5) is 5.69 Å². The number of nitrogens with zero attached hydrogens (tertiary/aromatic N) is 1. The molecule has 1 heterocycles. The molecule has 1 N–H and O–H groups in total. The number of amides is 1. The number of benzene rings is 1. The van der Waals surface area contributed by atoms with Crippen LogP contribution in [0.3, 0.4) is 0 Å². The van der Waals surface area contributed by atoms with Gasteiger partial charge in [0.1, 0.15) is 6.29 Å². The molecule has 1 amide bonds. The molecule has 1 aromatic carbocycles. The van der Waals surface area contributed by atoms with E-state index in [2.05, 4.69) is 31.0 Å². The lowest BCUT2D eigenvalue weighted by Crippen LogP contribution is -2.45. The first kappa shape index (κ1) is 19.9. The number of aldehydes is 1. The summed E-state index contributed by atoms with van der Waals surface area (Å²) in [6.07, 6.45) is 7.37. The van der Waals surface area contributed by atoms with E-state index < -0.39 is 0 Å². The first-order valence-corrected chi connectivity index (χ1v) is 10.5. The summed E-state index contributed by atoms with van der Waals surface area (Å²) in [6, 6.07) is 8.07. The second kappa shape index (κ2) is 8.45. The largest absolute Gasteiger partial charge is 0.371 e. The van der Waals surface area contributed by atoms with Gasteiger partial charge in [-0.15, -0.1) is 0 Å². The molecule has 0 bridgehead atoms. The highest BCUT2D eigenvalue weighted by molar-refractivity contribution is 5.79.